The molecule has 1 atom stereocenters. The Bertz CT molecular complexity index is 701. The van der Waals surface area contributed by atoms with Gasteiger partial charge in [0.2, 0.25) is 5.89 Å². The van der Waals surface area contributed by atoms with Crippen LogP contribution in [-0.4, -0.2) is 33.2 Å². The maximum atomic E-state index is 9.11. The number of aromatic nitrogens is 4. The van der Waals surface area contributed by atoms with Crippen LogP contribution >= 0.6 is 0 Å². The minimum Gasteiger partial charge on any atom is -0.353 e. The van der Waals surface area contributed by atoms with Crippen LogP contribution in [0.1, 0.15) is 48.5 Å². The molecule has 1 saturated heterocycles. The van der Waals surface area contributed by atoms with Gasteiger partial charge in [-0.15, -0.1) is 0 Å². The summed E-state index contributed by atoms with van der Waals surface area (Å²) in [5.74, 6) is 2.91. The molecule has 0 amide bonds. The second kappa shape index (κ2) is 4.81. The summed E-state index contributed by atoms with van der Waals surface area (Å²) in [5.41, 5.74) is 0.363. The molecule has 0 N–H and O–H groups in total. The lowest BCUT2D eigenvalue weighted by Gasteiger charge is -2.16. The molecule has 0 aromatic carbocycles. The molecule has 2 aliphatic rings. The minimum absolute atomic E-state index is 0.207. The molecule has 7 nitrogen and oxygen atoms in total. The summed E-state index contributed by atoms with van der Waals surface area (Å²) in [6, 6.07) is 2.09. The van der Waals surface area contributed by atoms with Crippen LogP contribution in [-0.2, 0) is 0 Å². The zero-order chi connectivity index (χ0) is 14.2. The lowest BCUT2D eigenvalue weighted by Crippen LogP contribution is -2.22. The van der Waals surface area contributed by atoms with Crippen LogP contribution in [0.2, 0.25) is 0 Å². The third-order valence-electron chi connectivity index (χ3n) is 4.02. The fraction of sp³-hybridized carbons (Fsp3) is 0.500. The van der Waals surface area contributed by atoms with Crippen molar-refractivity contribution >= 4 is 5.82 Å². The molecule has 3 heterocycles. The van der Waals surface area contributed by atoms with E-state index in [0.29, 0.717) is 23.3 Å². The predicted molar refractivity (Wildman–Crippen MR) is 72.6 cm³/mol. The summed E-state index contributed by atoms with van der Waals surface area (Å²) in [4.78, 5) is 14.9. The molecule has 2 fully saturated rings. The van der Waals surface area contributed by atoms with Crippen molar-refractivity contribution in [3.05, 3.63) is 29.8 Å². The van der Waals surface area contributed by atoms with E-state index in [0.717, 1.165) is 25.3 Å². The fourth-order valence-corrected chi connectivity index (χ4v) is 2.72. The summed E-state index contributed by atoms with van der Waals surface area (Å²) < 4.78 is 5.40. The van der Waals surface area contributed by atoms with Gasteiger partial charge >= 0.3 is 0 Å². The molecule has 7 heteroatoms. The van der Waals surface area contributed by atoms with Gasteiger partial charge in [0, 0.05) is 31.4 Å². The van der Waals surface area contributed by atoms with E-state index in [2.05, 4.69) is 31.1 Å². The van der Waals surface area contributed by atoms with E-state index >= 15 is 0 Å². The Morgan fingerprint density at radius 1 is 1.19 bits per heavy atom. The first-order valence-corrected chi connectivity index (χ1v) is 7.14. The van der Waals surface area contributed by atoms with E-state index in [1.807, 2.05) is 0 Å². The largest absolute Gasteiger partial charge is 0.353 e. The summed E-state index contributed by atoms with van der Waals surface area (Å²) in [5, 5.41) is 13.2. The zero-order valence-electron chi connectivity index (χ0n) is 11.4. The number of hydrogen-bond acceptors (Lipinski definition) is 7. The lowest BCUT2D eigenvalue weighted by atomic mass is 10.1. The van der Waals surface area contributed by atoms with Gasteiger partial charge < -0.3 is 9.42 Å². The SMILES string of the molecule is N#Cc1nccnc1N1CC[C@@H](c2nc(C3CC3)no2)C1. The van der Waals surface area contributed by atoms with E-state index in [9.17, 15) is 0 Å². The third kappa shape index (κ3) is 2.23. The van der Waals surface area contributed by atoms with Crippen LogP contribution in [0.15, 0.2) is 16.9 Å². The van der Waals surface area contributed by atoms with Gasteiger partial charge in [0.15, 0.2) is 17.3 Å². The summed E-state index contributed by atoms with van der Waals surface area (Å²) in [7, 11) is 0. The van der Waals surface area contributed by atoms with Crippen molar-refractivity contribution in [3.8, 4) is 6.07 Å². The molecule has 0 radical (unpaired) electrons. The Morgan fingerprint density at radius 2 is 2.05 bits per heavy atom. The smallest absolute Gasteiger partial charge is 0.231 e. The second-order valence-corrected chi connectivity index (χ2v) is 5.54. The normalized spacial score (nSPS) is 21.5. The van der Waals surface area contributed by atoms with Gasteiger partial charge in [-0.2, -0.15) is 10.2 Å². The Labute approximate surface area is 121 Å². The molecular formula is C14H14N6O. The van der Waals surface area contributed by atoms with Gasteiger partial charge in [-0.05, 0) is 19.3 Å². The van der Waals surface area contributed by atoms with Crippen molar-refractivity contribution in [2.24, 2.45) is 0 Å². The lowest BCUT2D eigenvalue weighted by molar-refractivity contribution is 0.355. The summed E-state index contributed by atoms with van der Waals surface area (Å²) in [6.45, 7) is 1.55. The van der Waals surface area contributed by atoms with Crippen molar-refractivity contribution in [3.63, 3.8) is 0 Å². The topological polar surface area (TPSA) is 91.7 Å². The second-order valence-electron chi connectivity index (χ2n) is 5.54. The highest BCUT2D eigenvalue weighted by Gasteiger charge is 2.33. The molecule has 21 heavy (non-hydrogen) atoms. The van der Waals surface area contributed by atoms with Crippen LogP contribution in [0, 0.1) is 11.3 Å². The standard InChI is InChI=1S/C14H14N6O/c15-7-11-13(17-5-4-16-11)20-6-3-10(8-20)14-18-12(19-21-14)9-1-2-9/h4-5,9-10H,1-3,6,8H2/t10-/m1/s1. The van der Waals surface area contributed by atoms with Crippen molar-refractivity contribution < 1.29 is 4.52 Å². The predicted octanol–water partition coefficient (Wildman–Crippen LogP) is 1.60. The molecule has 1 aliphatic carbocycles. The van der Waals surface area contributed by atoms with Crippen LogP contribution in [0.4, 0.5) is 5.82 Å². The first-order chi connectivity index (χ1) is 10.3. The maximum Gasteiger partial charge on any atom is 0.231 e. The Kier molecular flexibility index (Phi) is 2.81. The summed E-state index contributed by atoms with van der Waals surface area (Å²) in [6.07, 6.45) is 6.41. The molecule has 0 spiro atoms. The highest BCUT2D eigenvalue weighted by Crippen LogP contribution is 2.39. The highest BCUT2D eigenvalue weighted by molar-refractivity contribution is 5.50. The average molecular weight is 282 g/mol. The minimum atomic E-state index is 0.207. The van der Waals surface area contributed by atoms with E-state index in [1.165, 1.54) is 19.0 Å². The molecule has 2 aromatic rings. The van der Waals surface area contributed by atoms with Crippen LogP contribution in [0.3, 0.4) is 0 Å². The third-order valence-corrected chi connectivity index (χ3v) is 4.02. The van der Waals surface area contributed by atoms with E-state index < -0.39 is 0 Å². The van der Waals surface area contributed by atoms with Gasteiger partial charge in [0.05, 0.1) is 5.92 Å². The number of nitriles is 1. The molecule has 106 valence electrons. The quantitative estimate of drug-likeness (QED) is 0.844. The zero-order valence-corrected chi connectivity index (χ0v) is 11.4. The van der Waals surface area contributed by atoms with E-state index in [1.54, 1.807) is 6.20 Å². The monoisotopic (exact) mass is 282 g/mol. The fourth-order valence-electron chi connectivity index (χ4n) is 2.72. The van der Waals surface area contributed by atoms with Crippen molar-refractivity contribution in [1.29, 1.82) is 5.26 Å². The van der Waals surface area contributed by atoms with Gasteiger partial charge in [-0.3, -0.25) is 0 Å². The van der Waals surface area contributed by atoms with Crippen LogP contribution in [0.25, 0.3) is 0 Å². The van der Waals surface area contributed by atoms with Gasteiger partial charge in [-0.1, -0.05) is 5.16 Å². The molecule has 4 rings (SSSR count). The molecule has 0 unspecified atom stereocenters. The van der Waals surface area contributed by atoms with Crippen LogP contribution in [0.5, 0.6) is 0 Å². The Morgan fingerprint density at radius 3 is 2.86 bits per heavy atom. The van der Waals surface area contributed by atoms with Crippen molar-refractivity contribution in [2.75, 3.05) is 18.0 Å². The maximum absolute atomic E-state index is 9.11. The Balaban J connectivity index is 1.52. The van der Waals surface area contributed by atoms with Gasteiger partial charge in [-0.25, -0.2) is 9.97 Å². The molecule has 1 aliphatic heterocycles. The van der Waals surface area contributed by atoms with Gasteiger partial charge in [0.25, 0.3) is 0 Å². The molecular weight excluding hydrogens is 268 g/mol. The molecule has 2 aromatic heterocycles. The number of nitrogens with zero attached hydrogens (tertiary/aromatic N) is 6. The average Bonchev–Trinajstić information content (AvgIpc) is 3.07. The first kappa shape index (κ1) is 12.3. The molecule has 1 saturated carbocycles. The van der Waals surface area contributed by atoms with Gasteiger partial charge in [0.1, 0.15) is 6.07 Å². The summed E-state index contributed by atoms with van der Waals surface area (Å²) >= 11 is 0. The van der Waals surface area contributed by atoms with Crippen molar-refractivity contribution in [2.45, 2.75) is 31.1 Å². The van der Waals surface area contributed by atoms with E-state index in [4.69, 9.17) is 9.78 Å². The number of anilines is 1. The number of rotatable bonds is 3. The highest BCUT2D eigenvalue weighted by atomic mass is 16.5. The molecule has 0 bridgehead atoms. The first-order valence-electron chi connectivity index (χ1n) is 7.14. The Hall–Kier alpha value is -2.49. The van der Waals surface area contributed by atoms with Crippen LogP contribution < -0.4 is 4.90 Å². The number of hydrogen-bond donors (Lipinski definition) is 0. The van der Waals surface area contributed by atoms with E-state index in [-0.39, 0.29) is 5.92 Å². The van der Waals surface area contributed by atoms with Crippen molar-refractivity contribution in [1.82, 2.24) is 20.1 Å².